The van der Waals surface area contributed by atoms with Crippen LogP contribution in [0.15, 0.2) is 72.1 Å². The fraction of sp³-hybridized carbons (Fsp3) is 0.371. The third-order valence-corrected chi connectivity index (χ3v) is 11.5. The summed E-state index contributed by atoms with van der Waals surface area (Å²) in [6.07, 6.45) is 0.714. The summed E-state index contributed by atoms with van der Waals surface area (Å²) in [5, 5.41) is 3.28. The normalized spacial score (nSPS) is 16.3. The van der Waals surface area contributed by atoms with E-state index in [1.165, 1.54) is 18.4 Å². The number of amides is 2. The number of halogens is 1. The summed E-state index contributed by atoms with van der Waals surface area (Å²) in [7, 11) is -0.635. The summed E-state index contributed by atoms with van der Waals surface area (Å²) in [5.41, 5.74) is 1.02. The third kappa shape index (κ3) is 7.43. The van der Waals surface area contributed by atoms with Crippen LogP contribution in [0, 0.1) is 5.92 Å². The van der Waals surface area contributed by atoms with Crippen molar-refractivity contribution in [2.45, 2.75) is 45.3 Å². The molecule has 12 heteroatoms. The lowest BCUT2D eigenvalue weighted by molar-refractivity contribution is -0.156. The Labute approximate surface area is 285 Å². The average molecular weight is 698 g/mol. The molecule has 3 aromatic carbocycles. The maximum Gasteiger partial charge on any atom is 0.256 e. The number of carbonyl (C=O) groups is 2. The molecule has 1 aliphatic heterocycles. The quantitative estimate of drug-likeness (QED) is 0.165. The highest BCUT2D eigenvalue weighted by Crippen LogP contribution is 2.42. The second-order valence-electron chi connectivity index (χ2n) is 12.0. The van der Waals surface area contributed by atoms with Gasteiger partial charge in [0.2, 0.25) is 15.9 Å². The van der Waals surface area contributed by atoms with Gasteiger partial charge in [0.05, 0.1) is 25.5 Å². The smallest absolute Gasteiger partial charge is 0.256 e. The van der Waals surface area contributed by atoms with Gasteiger partial charge in [-0.05, 0) is 48.6 Å². The molecule has 1 fully saturated rings. The Balaban J connectivity index is 1.34. The predicted molar refractivity (Wildman–Crippen MR) is 187 cm³/mol. The van der Waals surface area contributed by atoms with Crippen LogP contribution in [0.3, 0.4) is 0 Å². The van der Waals surface area contributed by atoms with E-state index in [2.05, 4.69) is 4.72 Å². The lowest BCUT2D eigenvalue weighted by atomic mass is 9.73. The molecule has 2 heterocycles. The Morgan fingerprint density at radius 1 is 1.06 bits per heavy atom. The third-order valence-electron chi connectivity index (χ3n) is 8.85. The van der Waals surface area contributed by atoms with Gasteiger partial charge in [0, 0.05) is 58.3 Å². The number of likely N-dealkylation sites (tertiary alicyclic amines) is 1. The number of thiophene rings is 1. The van der Waals surface area contributed by atoms with E-state index < -0.39 is 15.6 Å². The first-order valence-corrected chi connectivity index (χ1v) is 18.4. The highest BCUT2D eigenvalue weighted by Gasteiger charge is 2.57. The first-order valence-electron chi connectivity index (χ1n) is 15.5. The Morgan fingerprint density at radius 3 is 2.53 bits per heavy atom. The van der Waals surface area contributed by atoms with Crippen LogP contribution < -0.4 is 14.2 Å². The van der Waals surface area contributed by atoms with E-state index in [9.17, 15) is 18.0 Å². The molecule has 9 nitrogen and oxygen atoms in total. The molecule has 1 aliphatic rings. The maximum absolute atomic E-state index is 14.6. The van der Waals surface area contributed by atoms with E-state index in [0.29, 0.717) is 40.6 Å². The van der Waals surface area contributed by atoms with E-state index in [1.54, 1.807) is 47.2 Å². The minimum atomic E-state index is -3.70. The fourth-order valence-electron chi connectivity index (χ4n) is 6.19. The van der Waals surface area contributed by atoms with Crippen molar-refractivity contribution in [3.8, 4) is 11.5 Å². The zero-order chi connectivity index (χ0) is 33.8. The molecule has 47 heavy (non-hydrogen) atoms. The highest BCUT2D eigenvalue weighted by molar-refractivity contribution is 7.89. The average Bonchev–Trinajstić information content (AvgIpc) is 3.47. The zero-order valence-electron chi connectivity index (χ0n) is 27.0. The van der Waals surface area contributed by atoms with Crippen LogP contribution in [0.5, 0.6) is 11.5 Å². The van der Waals surface area contributed by atoms with Gasteiger partial charge in [0.25, 0.3) is 5.91 Å². The Hall–Kier alpha value is -3.64. The zero-order valence-corrected chi connectivity index (χ0v) is 29.4. The van der Waals surface area contributed by atoms with Gasteiger partial charge in [-0.1, -0.05) is 61.8 Å². The number of sulfonamides is 1. The lowest BCUT2D eigenvalue weighted by Crippen LogP contribution is -2.71. The van der Waals surface area contributed by atoms with Crippen molar-refractivity contribution in [2.75, 3.05) is 33.1 Å². The van der Waals surface area contributed by atoms with Crippen molar-refractivity contribution in [3.05, 3.63) is 93.8 Å². The molecule has 1 atom stereocenters. The molecule has 4 aromatic rings. The largest absolute Gasteiger partial charge is 0.497 e. The first kappa shape index (κ1) is 34.7. The van der Waals surface area contributed by atoms with Crippen LogP contribution in [-0.4, -0.2) is 68.6 Å². The minimum absolute atomic E-state index is 0.0471. The molecule has 0 saturated carbocycles. The van der Waals surface area contributed by atoms with E-state index in [1.807, 2.05) is 55.6 Å². The van der Waals surface area contributed by atoms with Crippen molar-refractivity contribution in [2.24, 2.45) is 5.92 Å². The van der Waals surface area contributed by atoms with Gasteiger partial charge in [-0.2, -0.15) is 0 Å². The number of carbonyl (C=O) groups excluding carboxylic acids is 2. The number of ether oxygens (including phenoxy) is 2. The first-order chi connectivity index (χ1) is 22.5. The number of nitrogens with zero attached hydrogens (tertiary/aromatic N) is 2. The SMILES string of the molecule is COc1ccc(CNS(=O)(=O)CCCN(Cc2cccc(Cl)c2)C(=O)C2(C(C)C)CCN2C(=O)c2csc3ccccc23)c(OC)c1. The summed E-state index contributed by atoms with van der Waals surface area (Å²) in [6, 6.07) is 20.2. The van der Waals surface area contributed by atoms with Gasteiger partial charge in [0.1, 0.15) is 17.0 Å². The number of hydrogen-bond acceptors (Lipinski definition) is 7. The van der Waals surface area contributed by atoms with Crippen LogP contribution in [0.1, 0.15) is 48.2 Å². The highest BCUT2D eigenvalue weighted by atomic mass is 35.5. The molecule has 0 radical (unpaired) electrons. The Morgan fingerprint density at radius 2 is 1.85 bits per heavy atom. The van der Waals surface area contributed by atoms with Crippen molar-refractivity contribution >= 4 is 54.9 Å². The Bertz CT molecular complexity index is 1860. The number of rotatable bonds is 14. The van der Waals surface area contributed by atoms with E-state index in [4.69, 9.17) is 21.1 Å². The summed E-state index contributed by atoms with van der Waals surface area (Å²) in [6.45, 7) is 4.84. The summed E-state index contributed by atoms with van der Waals surface area (Å²) in [4.78, 5) is 32.0. The van der Waals surface area contributed by atoms with Gasteiger partial charge in [-0.25, -0.2) is 13.1 Å². The molecular weight excluding hydrogens is 658 g/mol. The maximum atomic E-state index is 14.6. The molecular formula is C35H40ClN3O6S2. The standard InChI is InChI=1S/C35H40ClN3O6S2/c1-24(2)35(15-17-39(35)33(40)30-23-46-32-12-6-5-11-29(30)32)34(41)38(22-25-9-7-10-27(36)19-25)16-8-18-47(42,43)37-21-26-13-14-28(44-3)20-31(26)45-4/h5-7,9-14,19-20,23-24,37H,8,15-18,21-22H2,1-4H3. The molecule has 1 saturated heterocycles. The Kier molecular flexibility index (Phi) is 10.8. The van der Waals surface area contributed by atoms with Gasteiger partial charge in [-0.15, -0.1) is 11.3 Å². The van der Waals surface area contributed by atoms with Crippen LogP contribution in [0.4, 0.5) is 0 Å². The van der Waals surface area contributed by atoms with Crippen LogP contribution in [0.2, 0.25) is 5.02 Å². The van der Waals surface area contributed by atoms with Crippen molar-refractivity contribution in [1.29, 1.82) is 0 Å². The number of hydrogen-bond donors (Lipinski definition) is 1. The van der Waals surface area contributed by atoms with E-state index >= 15 is 0 Å². The predicted octanol–water partition coefficient (Wildman–Crippen LogP) is 6.35. The van der Waals surface area contributed by atoms with Gasteiger partial charge in [0.15, 0.2) is 0 Å². The van der Waals surface area contributed by atoms with Crippen LogP contribution >= 0.6 is 22.9 Å². The van der Waals surface area contributed by atoms with Gasteiger partial charge < -0.3 is 19.3 Å². The number of nitrogens with one attached hydrogen (secondary N) is 1. The van der Waals surface area contributed by atoms with Crippen molar-refractivity contribution in [1.82, 2.24) is 14.5 Å². The molecule has 1 N–H and O–H groups in total. The summed E-state index contributed by atoms with van der Waals surface area (Å²) in [5.74, 6) is 0.388. The fourth-order valence-corrected chi connectivity index (χ4v) is 8.37. The van der Waals surface area contributed by atoms with Crippen LogP contribution in [-0.2, 0) is 27.9 Å². The molecule has 2 amide bonds. The molecule has 1 unspecified atom stereocenters. The summed E-state index contributed by atoms with van der Waals surface area (Å²) < 4.78 is 40.5. The molecule has 5 rings (SSSR count). The minimum Gasteiger partial charge on any atom is -0.497 e. The molecule has 250 valence electrons. The van der Waals surface area contributed by atoms with E-state index in [-0.39, 0.29) is 49.5 Å². The number of methoxy groups -OCH3 is 2. The number of benzene rings is 3. The molecule has 1 aromatic heterocycles. The van der Waals surface area contributed by atoms with Gasteiger partial charge in [-0.3, -0.25) is 9.59 Å². The topological polar surface area (TPSA) is 105 Å². The monoisotopic (exact) mass is 697 g/mol. The van der Waals surface area contributed by atoms with Crippen LogP contribution in [0.25, 0.3) is 10.1 Å². The second-order valence-corrected chi connectivity index (χ2v) is 15.2. The van der Waals surface area contributed by atoms with Crippen molar-refractivity contribution in [3.63, 3.8) is 0 Å². The van der Waals surface area contributed by atoms with Crippen molar-refractivity contribution < 1.29 is 27.5 Å². The number of fused-ring (bicyclic) bond motifs is 1. The lowest BCUT2D eigenvalue weighted by Gasteiger charge is -2.55. The van der Waals surface area contributed by atoms with E-state index in [0.717, 1.165) is 15.6 Å². The second kappa shape index (κ2) is 14.6. The van der Waals surface area contributed by atoms with Gasteiger partial charge >= 0.3 is 0 Å². The molecule has 0 spiro atoms. The molecule has 0 aliphatic carbocycles. The summed E-state index contributed by atoms with van der Waals surface area (Å²) >= 11 is 7.79. The molecule has 0 bridgehead atoms.